The van der Waals surface area contributed by atoms with Crippen molar-refractivity contribution < 1.29 is 14.5 Å². The number of rotatable bonds is 5. The van der Waals surface area contributed by atoms with Crippen molar-refractivity contribution >= 4 is 11.6 Å². The number of amides is 1. The van der Waals surface area contributed by atoms with E-state index < -0.39 is 4.92 Å². The molecule has 3 rings (SSSR count). The zero-order valence-corrected chi connectivity index (χ0v) is 15.2. The van der Waals surface area contributed by atoms with E-state index in [0.717, 1.165) is 32.1 Å². The van der Waals surface area contributed by atoms with Crippen LogP contribution in [0.5, 0.6) is 0 Å². The summed E-state index contributed by atoms with van der Waals surface area (Å²) < 4.78 is 5.92. The number of hydrogen-bond donors (Lipinski definition) is 0. The first-order valence-corrected chi connectivity index (χ1v) is 9.05. The molecule has 2 saturated carbocycles. The lowest BCUT2D eigenvalue weighted by molar-refractivity contribution is -0.385. The Bertz CT molecular complexity index is 682. The molecule has 2 atom stereocenters. The Kier molecular flexibility index (Phi) is 4.82. The van der Waals surface area contributed by atoms with Gasteiger partial charge in [-0.1, -0.05) is 25.0 Å². The van der Waals surface area contributed by atoms with Gasteiger partial charge in [-0.05, 0) is 39.2 Å². The van der Waals surface area contributed by atoms with E-state index in [1.165, 1.54) is 0 Å². The van der Waals surface area contributed by atoms with Crippen LogP contribution >= 0.6 is 0 Å². The summed E-state index contributed by atoms with van der Waals surface area (Å²) in [6, 6.07) is 5.03. The highest BCUT2D eigenvalue weighted by Crippen LogP contribution is 2.56. The van der Waals surface area contributed by atoms with Gasteiger partial charge >= 0.3 is 0 Å². The summed E-state index contributed by atoms with van der Waals surface area (Å²) in [4.78, 5) is 25.7. The lowest BCUT2D eigenvalue weighted by Crippen LogP contribution is -2.64. The summed E-state index contributed by atoms with van der Waals surface area (Å²) in [5, 5.41) is 11.4. The summed E-state index contributed by atoms with van der Waals surface area (Å²) in [6.07, 6.45) is 5.47. The number of para-hydroxylation sites is 1. The molecule has 0 aromatic heterocycles. The summed E-state index contributed by atoms with van der Waals surface area (Å²) in [5.74, 6) is -0.262. The van der Waals surface area contributed by atoms with E-state index in [0.29, 0.717) is 12.2 Å². The number of hydrogen-bond acceptors (Lipinski definition) is 4. The molecular formula is C19H26N2O4. The van der Waals surface area contributed by atoms with Gasteiger partial charge < -0.3 is 9.64 Å². The Balaban J connectivity index is 1.87. The molecule has 2 aliphatic carbocycles. The molecule has 25 heavy (non-hydrogen) atoms. The summed E-state index contributed by atoms with van der Waals surface area (Å²) in [7, 11) is 1.78. The number of aryl methyl sites for hydroxylation is 1. The van der Waals surface area contributed by atoms with Gasteiger partial charge in [0.2, 0.25) is 0 Å². The van der Waals surface area contributed by atoms with E-state index in [9.17, 15) is 14.9 Å². The summed E-state index contributed by atoms with van der Waals surface area (Å²) in [6.45, 7) is 4.35. The highest BCUT2D eigenvalue weighted by atomic mass is 16.6. The predicted octanol–water partition coefficient (Wildman–Crippen LogP) is 3.71. The molecule has 1 amide bonds. The molecular weight excluding hydrogens is 320 g/mol. The monoisotopic (exact) mass is 346 g/mol. The topological polar surface area (TPSA) is 72.7 Å². The maximum absolute atomic E-state index is 13.0. The summed E-state index contributed by atoms with van der Waals surface area (Å²) in [5.41, 5.74) is 0.639. The average molecular weight is 346 g/mol. The SMILES string of the molecule is CCO[C@@H]1C[C@H](N(C)C(=O)c2cccc(C)c2[N+](=O)[O-])C12CCCC2. The molecule has 0 N–H and O–H groups in total. The van der Waals surface area contributed by atoms with Crippen molar-refractivity contribution in [2.75, 3.05) is 13.7 Å². The fourth-order valence-electron chi connectivity index (χ4n) is 4.80. The van der Waals surface area contributed by atoms with E-state index in [4.69, 9.17) is 4.74 Å². The van der Waals surface area contributed by atoms with Crippen molar-refractivity contribution in [1.29, 1.82) is 0 Å². The van der Waals surface area contributed by atoms with Gasteiger partial charge in [-0.15, -0.1) is 0 Å². The third-order valence-corrected chi connectivity index (χ3v) is 6.08. The van der Waals surface area contributed by atoms with E-state index in [-0.39, 0.29) is 34.7 Å². The first-order chi connectivity index (χ1) is 11.9. The lowest BCUT2D eigenvalue weighted by Gasteiger charge is -2.56. The van der Waals surface area contributed by atoms with Crippen molar-refractivity contribution in [3.05, 3.63) is 39.4 Å². The standard InChI is InChI=1S/C19H26N2O4/c1-4-25-16-12-15(19(16)10-5-6-11-19)20(3)18(22)14-9-7-8-13(2)17(14)21(23)24/h7-9,15-16H,4-6,10-12H2,1-3H3/t15-,16+/m0/s1. The second-order valence-electron chi connectivity index (χ2n) is 7.28. The maximum Gasteiger partial charge on any atom is 0.285 e. The Hall–Kier alpha value is -1.95. The van der Waals surface area contributed by atoms with Crippen LogP contribution < -0.4 is 0 Å². The molecule has 2 fully saturated rings. The van der Waals surface area contributed by atoms with E-state index in [2.05, 4.69) is 0 Å². The van der Waals surface area contributed by atoms with Crippen LogP contribution in [0.3, 0.4) is 0 Å². The van der Waals surface area contributed by atoms with Crippen molar-refractivity contribution in [2.24, 2.45) is 5.41 Å². The second kappa shape index (κ2) is 6.75. The third kappa shape index (κ3) is 2.82. The van der Waals surface area contributed by atoms with Crippen LogP contribution in [-0.4, -0.2) is 41.5 Å². The van der Waals surface area contributed by atoms with Gasteiger partial charge in [-0.3, -0.25) is 14.9 Å². The Morgan fingerprint density at radius 3 is 2.68 bits per heavy atom. The van der Waals surface area contributed by atoms with Crippen molar-refractivity contribution in [3.8, 4) is 0 Å². The highest BCUT2D eigenvalue weighted by Gasteiger charge is 2.59. The van der Waals surface area contributed by atoms with Crippen LogP contribution in [0.4, 0.5) is 5.69 Å². The van der Waals surface area contributed by atoms with Gasteiger partial charge in [-0.2, -0.15) is 0 Å². The number of nitro benzene ring substituents is 1. The maximum atomic E-state index is 13.0. The lowest BCUT2D eigenvalue weighted by atomic mass is 9.60. The highest BCUT2D eigenvalue weighted by molar-refractivity contribution is 5.98. The molecule has 2 aliphatic rings. The van der Waals surface area contributed by atoms with Gasteiger partial charge in [0.05, 0.1) is 11.0 Å². The molecule has 0 unspecified atom stereocenters. The molecule has 0 saturated heterocycles. The second-order valence-corrected chi connectivity index (χ2v) is 7.28. The zero-order valence-electron chi connectivity index (χ0n) is 15.2. The fourth-order valence-corrected chi connectivity index (χ4v) is 4.80. The van der Waals surface area contributed by atoms with Gasteiger partial charge in [0.15, 0.2) is 0 Å². The molecule has 0 heterocycles. The van der Waals surface area contributed by atoms with Crippen molar-refractivity contribution in [3.63, 3.8) is 0 Å². The molecule has 1 spiro atoms. The van der Waals surface area contributed by atoms with Crippen LogP contribution in [0, 0.1) is 22.5 Å². The van der Waals surface area contributed by atoms with Gasteiger partial charge in [-0.25, -0.2) is 0 Å². The van der Waals surface area contributed by atoms with E-state index in [1.807, 2.05) is 6.92 Å². The summed E-state index contributed by atoms with van der Waals surface area (Å²) >= 11 is 0. The molecule has 0 bridgehead atoms. The van der Waals surface area contributed by atoms with Crippen molar-refractivity contribution in [1.82, 2.24) is 4.90 Å². The molecule has 6 nitrogen and oxygen atoms in total. The van der Waals surface area contributed by atoms with Gasteiger partial charge in [0.1, 0.15) is 5.56 Å². The zero-order chi connectivity index (χ0) is 18.2. The average Bonchev–Trinajstić information content (AvgIpc) is 3.09. The molecule has 1 aromatic carbocycles. The Morgan fingerprint density at radius 1 is 1.40 bits per heavy atom. The minimum absolute atomic E-state index is 0.0268. The quantitative estimate of drug-likeness (QED) is 0.602. The first-order valence-electron chi connectivity index (χ1n) is 9.05. The number of nitro groups is 1. The number of carbonyl (C=O) groups excluding carboxylic acids is 1. The largest absolute Gasteiger partial charge is 0.378 e. The van der Waals surface area contributed by atoms with Crippen LogP contribution in [0.25, 0.3) is 0 Å². The number of benzene rings is 1. The minimum Gasteiger partial charge on any atom is -0.378 e. The fraction of sp³-hybridized carbons (Fsp3) is 0.632. The third-order valence-electron chi connectivity index (χ3n) is 6.08. The number of ether oxygens (including phenoxy) is 1. The molecule has 1 aromatic rings. The van der Waals surface area contributed by atoms with Crippen molar-refractivity contribution in [2.45, 2.75) is 58.1 Å². The Morgan fingerprint density at radius 2 is 2.08 bits per heavy atom. The molecule has 0 aliphatic heterocycles. The van der Waals surface area contributed by atoms with Gasteiger partial charge in [0, 0.05) is 30.7 Å². The van der Waals surface area contributed by atoms with Crippen LogP contribution in [0.15, 0.2) is 18.2 Å². The minimum atomic E-state index is -0.453. The smallest absolute Gasteiger partial charge is 0.285 e. The number of nitrogens with zero attached hydrogens (tertiary/aromatic N) is 2. The molecule has 0 radical (unpaired) electrons. The number of carbonyl (C=O) groups is 1. The first kappa shape index (κ1) is 17.9. The molecule has 136 valence electrons. The van der Waals surface area contributed by atoms with Gasteiger partial charge in [0.25, 0.3) is 11.6 Å². The van der Waals surface area contributed by atoms with Crippen LogP contribution in [0.1, 0.15) is 54.9 Å². The predicted molar refractivity (Wildman–Crippen MR) is 94.6 cm³/mol. The van der Waals surface area contributed by atoms with Crippen LogP contribution in [-0.2, 0) is 4.74 Å². The van der Waals surface area contributed by atoms with Crippen LogP contribution in [0.2, 0.25) is 0 Å². The van der Waals surface area contributed by atoms with E-state index in [1.54, 1.807) is 37.1 Å². The Labute approximate surface area is 148 Å². The molecule has 6 heteroatoms. The van der Waals surface area contributed by atoms with E-state index >= 15 is 0 Å². The normalized spacial score (nSPS) is 24.1.